The van der Waals surface area contributed by atoms with E-state index in [1.54, 1.807) is 16.8 Å². The smallest absolute Gasteiger partial charge is 0.325 e. The van der Waals surface area contributed by atoms with Crippen LogP contribution in [-0.2, 0) is 7.05 Å². The molecule has 0 aliphatic heterocycles. The number of rotatable bonds is 4. The Kier molecular flexibility index (Phi) is 5.14. The number of anilines is 2. The molecule has 6 nitrogen and oxygen atoms in total. The van der Waals surface area contributed by atoms with Crippen molar-refractivity contribution in [2.24, 2.45) is 7.05 Å². The van der Waals surface area contributed by atoms with E-state index in [0.29, 0.717) is 22.3 Å². The van der Waals surface area contributed by atoms with Crippen LogP contribution in [0.2, 0.25) is 5.02 Å². The van der Waals surface area contributed by atoms with E-state index in [1.807, 2.05) is 50.4 Å². The van der Waals surface area contributed by atoms with E-state index in [2.05, 4.69) is 15.7 Å². The molecule has 3 rings (SSSR count). The molecule has 3 aromatic rings. The summed E-state index contributed by atoms with van der Waals surface area (Å²) in [6.45, 7) is 1.86. The van der Waals surface area contributed by atoms with E-state index >= 15 is 0 Å². The summed E-state index contributed by atoms with van der Waals surface area (Å²) in [7, 11) is 3.35. The van der Waals surface area contributed by atoms with Crippen molar-refractivity contribution in [3.8, 4) is 17.0 Å². The van der Waals surface area contributed by atoms with Gasteiger partial charge in [-0.3, -0.25) is 10.00 Å². The molecule has 2 N–H and O–H groups in total. The lowest BCUT2D eigenvalue weighted by Gasteiger charge is -2.12. The van der Waals surface area contributed by atoms with Gasteiger partial charge in [0, 0.05) is 24.2 Å². The summed E-state index contributed by atoms with van der Waals surface area (Å²) in [6, 6.07) is 14.7. The topological polar surface area (TPSA) is 68.2 Å². The second kappa shape index (κ2) is 7.49. The molecule has 0 radical (unpaired) electrons. The molecule has 2 aromatic carbocycles. The van der Waals surface area contributed by atoms with Crippen LogP contribution in [0.4, 0.5) is 16.3 Å². The van der Waals surface area contributed by atoms with Gasteiger partial charge >= 0.3 is 6.03 Å². The number of methoxy groups -OCH3 is 1. The fourth-order valence-corrected chi connectivity index (χ4v) is 2.76. The van der Waals surface area contributed by atoms with E-state index in [0.717, 1.165) is 16.8 Å². The summed E-state index contributed by atoms with van der Waals surface area (Å²) in [4.78, 5) is 12.3. The number of urea groups is 1. The number of hydrogen-bond donors (Lipinski definition) is 2. The third-order valence-corrected chi connectivity index (χ3v) is 4.33. The van der Waals surface area contributed by atoms with Crippen molar-refractivity contribution < 1.29 is 9.53 Å². The molecule has 0 atom stereocenters. The van der Waals surface area contributed by atoms with Gasteiger partial charge in [-0.15, -0.1) is 0 Å². The van der Waals surface area contributed by atoms with Gasteiger partial charge in [-0.05, 0) is 24.1 Å². The predicted octanol–water partition coefficient (Wildman–Crippen LogP) is 4.70. The number of amides is 2. The molecular formula is C19H19ClN4O2. The molecular weight excluding hydrogens is 352 g/mol. The lowest BCUT2D eigenvalue weighted by Crippen LogP contribution is -2.20. The molecule has 0 fully saturated rings. The highest BCUT2D eigenvalue weighted by Gasteiger charge is 2.13. The summed E-state index contributed by atoms with van der Waals surface area (Å²) in [6.07, 6.45) is 0. The van der Waals surface area contributed by atoms with E-state index in [-0.39, 0.29) is 0 Å². The molecule has 0 spiro atoms. The minimum Gasteiger partial charge on any atom is -0.495 e. The normalized spacial score (nSPS) is 10.5. The Morgan fingerprint density at radius 3 is 2.58 bits per heavy atom. The van der Waals surface area contributed by atoms with Crippen LogP contribution in [0.25, 0.3) is 11.3 Å². The first-order valence-electron chi connectivity index (χ1n) is 7.99. The summed E-state index contributed by atoms with van der Waals surface area (Å²) < 4.78 is 6.99. The zero-order valence-electron chi connectivity index (χ0n) is 14.7. The lowest BCUT2D eigenvalue weighted by molar-refractivity contribution is 0.262. The van der Waals surface area contributed by atoms with Gasteiger partial charge in [0.05, 0.1) is 18.5 Å². The molecule has 2 amide bonds. The highest BCUT2D eigenvalue weighted by molar-refractivity contribution is 6.31. The molecule has 0 bridgehead atoms. The quantitative estimate of drug-likeness (QED) is 0.699. The van der Waals surface area contributed by atoms with Crippen molar-refractivity contribution in [2.45, 2.75) is 6.92 Å². The Bertz CT molecular complexity index is 938. The number of nitrogens with zero attached hydrogens (tertiary/aromatic N) is 2. The van der Waals surface area contributed by atoms with Crippen LogP contribution in [0.3, 0.4) is 0 Å². The van der Waals surface area contributed by atoms with Crippen molar-refractivity contribution in [2.75, 3.05) is 17.7 Å². The number of ether oxygens (including phenoxy) is 1. The standard InChI is InChI=1S/C19H19ClN4O2/c1-12-9-15(17(26-3)10-14(12)20)21-19(25)22-18-11-16(24(2)23-18)13-7-5-4-6-8-13/h4-11H,1-3H3,(H2,21,22,23,25). The largest absolute Gasteiger partial charge is 0.495 e. The maximum Gasteiger partial charge on any atom is 0.325 e. The second-order valence-corrected chi connectivity index (χ2v) is 6.19. The van der Waals surface area contributed by atoms with Crippen molar-refractivity contribution in [1.29, 1.82) is 0 Å². The molecule has 1 aromatic heterocycles. The molecule has 0 aliphatic carbocycles. The first-order valence-corrected chi connectivity index (χ1v) is 8.37. The maximum atomic E-state index is 12.3. The van der Waals surface area contributed by atoms with Crippen LogP contribution >= 0.6 is 11.6 Å². The number of hydrogen-bond acceptors (Lipinski definition) is 3. The summed E-state index contributed by atoms with van der Waals surface area (Å²) in [5.74, 6) is 0.940. The molecule has 0 aliphatic rings. The van der Waals surface area contributed by atoms with Gasteiger partial charge in [-0.25, -0.2) is 4.79 Å². The van der Waals surface area contributed by atoms with E-state index in [1.165, 1.54) is 7.11 Å². The number of nitrogens with one attached hydrogen (secondary N) is 2. The van der Waals surface area contributed by atoms with Gasteiger partial charge in [0.25, 0.3) is 0 Å². The molecule has 1 heterocycles. The van der Waals surface area contributed by atoms with Crippen molar-refractivity contribution in [1.82, 2.24) is 9.78 Å². The summed E-state index contributed by atoms with van der Waals surface area (Å²) in [5, 5.41) is 10.4. The monoisotopic (exact) mass is 370 g/mol. The highest BCUT2D eigenvalue weighted by Crippen LogP contribution is 2.31. The Labute approximate surface area is 156 Å². The SMILES string of the molecule is COc1cc(Cl)c(C)cc1NC(=O)Nc1cc(-c2ccccc2)n(C)n1. The van der Waals surface area contributed by atoms with Crippen LogP contribution in [0, 0.1) is 6.92 Å². The highest BCUT2D eigenvalue weighted by atomic mass is 35.5. The van der Waals surface area contributed by atoms with Crippen LogP contribution in [0.1, 0.15) is 5.56 Å². The first kappa shape index (κ1) is 17.8. The Morgan fingerprint density at radius 1 is 1.15 bits per heavy atom. The molecule has 134 valence electrons. The minimum atomic E-state index is -0.414. The molecule has 0 unspecified atom stereocenters. The molecule has 26 heavy (non-hydrogen) atoms. The average Bonchev–Trinajstić information content (AvgIpc) is 2.98. The maximum absolute atomic E-state index is 12.3. The third kappa shape index (κ3) is 3.81. The average molecular weight is 371 g/mol. The van der Waals surface area contributed by atoms with E-state index in [4.69, 9.17) is 16.3 Å². The van der Waals surface area contributed by atoms with Crippen LogP contribution in [0.15, 0.2) is 48.5 Å². The van der Waals surface area contributed by atoms with Crippen molar-refractivity contribution >= 4 is 29.1 Å². The Morgan fingerprint density at radius 2 is 1.88 bits per heavy atom. The fraction of sp³-hybridized carbons (Fsp3) is 0.158. The number of aromatic nitrogens is 2. The number of benzene rings is 2. The van der Waals surface area contributed by atoms with Gasteiger partial charge < -0.3 is 10.1 Å². The summed E-state index contributed by atoms with van der Waals surface area (Å²) >= 11 is 6.09. The van der Waals surface area contributed by atoms with Gasteiger partial charge in [0.1, 0.15) is 5.75 Å². The van der Waals surface area contributed by atoms with Crippen molar-refractivity contribution in [3.05, 3.63) is 59.1 Å². The molecule has 7 heteroatoms. The molecule has 0 saturated carbocycles. The van der Waals surface area contributed by atoms with Crippen LogP contribution in [-0.4, -0.2) is 22.9 Å². The van der Waals surface area contributed by atoms with Crippen LogP contribution in [0.5, 0.6) is 5.75 Å². The van der Waals surface area contributed by atoms with Gasteiger partial charge in [-0.1, -0.05) is 41.9 Å². The summed E-state index contributed by atoms with van der Waals surface area (Å²) in [5.41, 5.74) is 3.30. The third-order valence-electron chi connectivity index (χ3n) is 3.92. The van der Waals surface area contributed by atoms with Crippen molar-refractivity contribution in [3.63, 3.8) is 0 Å². The number of aryl methyl sites for hydroxylation is 2. The minimum absolute atomic E-state index is 0.414. The van der Waals surface area contributed by atoms with Crippen LogP contribution < -0.4 is 15.4 Å². The first-order chi connectivity index (χ1) is 12.5. The molecule has 0 saturated heterocycles. The zero-order chi connectivity index (χ0) is 18.7. The lowest BCUT2D eigenvalue weighted by atomic mass is 10.1. The van der Waals surface area contributed by atoms with Gasteiger partial charge in [0.2, 0.25) is 0 Å². The zero-order valence-corrected chi connectivity index (χ0v) is 15.5. The number of carbonyl (C=O) groups is 1. The van der Waals surface area contributed by atoms with E-state index < -0.39 is 6.03 Å². The number of carbonyl (C=O) groups excluding carboxylic acids is 1. The Hall–Kier alpha value is -2.99. The fourth-order valence-electron chi connectivity index (χ4n) is 2.61. The van der Waals surface area contributed by atoms with Gasteiger partial charge in [0.15, 0.2) is 5.82 Å². The Balaban J connectivity index is 1.76. The second-order valence-electron chi connectivity index (χ2n) is 5.79. The number of halogens is 1. The van der Waals surface area contributed by atoms with Gasteiger partial charge in [-0.2, -0.15) is 5.10 Å². The van der Waals surface area contributed by atoms with E-state index in [9.17, 15) is 4.79 Å². The predicted molar refractivity (Wildman–Crippen MR) is 104 cm³/mol.